The van der Waals surface area contributed by atoms with E-state index >= 15 is 0 Å². The predicted molar refractivity (Wildman–Crippen MR) is 88.0 cm³/mol. The van der Waals surface area contributed by atoms with Gasteiger partial charge in [0.2, 0.25) is 5.91 Å². The van der Waals surface area contributed by atoms with Gasteiger partial charge in [-0.1, -0.05) is 0 Å². The van der Waals surface area contributed by atoms with Crippen LogP contribution in [-0.4, -0.2) is 18.8 Å². The average Bonchev–Trinajstić information content (AvgIpc) is 2.54. The van der Waals surface area contributed by atoms with Gasteiger partial charge in [0.15, 0.2) is 0 Å². The molecule has 0 saturated carbocycles. The summed E-state index contributed by atoms with van der Waals surface area (Å²) >= 11 is 1.62. The molecule has 0 fully saturated rings. The SMILES string of the molecule is COc1ccc(NC(=O)CCCSc2ccc(F)cc2)cc1. The molecule has 0 aliphatic rings. The summed E-state index contributed by atoms with van der Waals surface area (Å²) in [6, 6.07) is 13.6. The van der Waals surface area contributed by atoms with E-state index in [0.717, 1.165) is 28.5 Å². The third kappa shape index (κ3) is 5.41. The van der Waals surface area contributed by atoms with Gasteiger partial charge in [-0.05, 0) is 60.7 Å². The predicted octanol–water partition coefficient (Wildman–Crippen LogP) is 4.35. The van der Waals surface area contributed by atoms with Gasteiger partial charge in [0.1, 0.15) is 11.6 Å². The van der Waals surface area contributed by atoms with Crippen molar-refractivity contribution in [3.05, 3.63) is 54.3 Å². The maximum Gasteiger partial charge on any atom is 0.224 e. The number of ether oxygens (including phenoxy) is 1. The Kier molecular flexibility index (Phi) is 6.27. The lowest BCUT2D eigenvalue weighted by Gasteiger charge is -2.06. The Morgan fingerprint density at radius 3 is 2.45 bits per heavy atom. The topological polar surface area (TPSA) is 38.3 Å². The quantitative estimate of drug-likeness (QED) is 0.609. The van der Waals surface area contributed by atoms with E-state index in [9.17, 15) is 9.18 Å². The van der Waals surface area contributed by atoms with Gasteiger partial charge in [-0.25, -0.2) is 4.39 Å². The Morgan fingerprint density at radius 1 is 1.14 bits per heavy atom. The number of amides is 1. The number of anilines is 1. The highest BCUT2D eigenvalue weighted by Crippen LogP contribution is 2.20. The number of carbonyl (C=O) groups is 1. The van der Waals surface area contributed by atoms with Crippen LogP contribution in [0.15, 0.2) is 53.4 Å². The third-order valence-corrected chi connectivity index (χ3v) is 4.10. The van der Waals surface area contributed by atoms with E-state index in [0.29, 0.717) is 6.42 Å². The number of thioether (sulfide) groups is 1. The molecule has 0 bridgehead atoms. The van der Waals surface area contributed by atoms with E-state index in [4.69, 9.17) is 4.74 Å². The minimum Gasteiger partial charge on any atom is -0.497 e. The summed E-state index contributed by atoms with van der Waals surface area (Å²) in [6.45, 7) is 0. The lowest BCUT2D eigenvalue weighted by molar-refractivity contribution is -0.116. The lowest BCUT2D eigenvalue weighted by atomic mass is 10.2. The average molecular weight is 319 g/mol. The molecule has 5 heteroatoms. The van der Waals surface area contributed by atoms with Crippen molar-refractivity contribution in [3.8, 4) is 5.75 Å². The van der Waals surface area contributed by atoms with Gasteiger partial charge < -0.3 is 10.1 Å². The first-order valence-electron chi connectivity index (χ1n) is 6.99. The minimum atomic E-state index is -0.233. The largest absolute Gasteiger partial charge is 0.497 e. The van der Waals surface area contributed by atoms with Crippen LogP contribution in [0.5, 0.6) is 5.75 Å². The monoisotopic (exact) mass is 319 g/mol. The summed E-state index contributed by atoms with van der Waals surface area (Å²) in [4.78, 5) is 12.8. The second-order valence-electron chi connectivity index (χ2n) is 4.68. The number of carbonyl (C=O) groups excluding carboxylic acids is 1. The van der Waals surface area contributed by atoms with Gasteiger partial charge in [-0.3, -0.25) is 4.79 Å². The van der Waals surface area contributed by atoms with Crippen LogP contribution in [0.2, 0.25) is 0 Å². The maximum absolute atomic E-state index is 12.8. The van der Waals surface area contributed by atoms with Crippen molar-refractivity contribution in [2.24, 2.45) is 0 Å². The minimum absolute atomic E-state index is 0.00938. The van der Waals surface area contributed by atoms with Gasteiger partial charge >= 0.3 is 0 Å². The fraction of sp³-hybridized carbons (Fsp3) is 0.235. The molecule has 0 spiro atoms. The van der Waals surface area contributed by atoms with Gasteiger partial charge in [0.25, 0.3) is 0 Å². The zero-order valence-electron chi connectivity index (χ0n) is 12.3. The molecule has 0 aliphatic heterocycles. The van der Waals surface area contributed by atoms with Crippen LogP contribution in [-0.2, 0) is 4.79 Å². The fourth-order valence-electron chi connectivity index (χ4n) is 1.85. The Bertz CT molecular complexity index is 599. The number of rotatable bonds is 7. The van der Waals surface area contributed by atoms with Gasteiger partial charge in [0.05, 0.1) is 7.11 Å². The number of methoxy groups -OCH3 is 1. The van der Waals surface area contributed by atoms with Crippen LogP contribution < -0.4 is 10.1 Å². The second-order valence-corrected chi connectivity index (χ2v) is 5.85. The van der Waals surface area contributed by atoms with Crippen LogP contribution in [0.1, 0.15) is 12.8 Å². The van der Waals surface area contributed by atoms with E-state index in [1.807, 2.05) is 12.1 Å². The van der Waals surface area contributed by atoms with Crippen LogP contribution >= 0.6 is 11.8 Å². The van der Waals surface area contributed by atoms with Crippen molar-refractivity contribution in [1.29, 1.82) is 0 Å². The fourth-order valence-corrected chi connectivity index (χ4v) is 2.70. The third-order valence-electron chi connectivity index (χ3n) is 3.00. The lowest BCUT2D eigenvalue weighted by Crippen LogP contribution is -2.11. The molecule has 22 heavy (non-hydrogen) atoms. The van der Waals surface area contributed by atoms with Gasteiger partial charge in [0, 0.05) is 17.0 Å². The molecule has 2 rings (SSSR count). The molecule has 0 atom stereocenters. The summed E-state index contributed by atoms with van der Waals surface area (Å²) in [5, 5.41) is 2.85. The van der Waals surface area contributed by atoms with E-state index in [1.165, 1.54) is 12.1 Å². The zero-order valence-corrected chi connectivity index (χ0v) is 13.2. The summed E-state index contributed by atoms with van der Waals surface area (Å²) in [5.41, 5.74) is 0.761. The molecular formula is C17H18FNO2S. The van der Waals surface area contributed by atoms with Gasteiger partial charge in [-0.15, -0.1) is 11.8 Å². The van der Waals surface area contributed by atoms with Crippen LogP contribution in [0.3, 0.4) is 0 Å². The number of hydrogen-bond donors (Lipinski definition) is 1. The highest BCUT2D eigenvalue weighted by Gasteiger charge is 2.03. The van der Waals surface area contributed by atoms with E-state index in [2.05, 4.69) is 5.32 Å². The molecule has 116 valence electrons. The van der Waals surface area contributed by atoms with Crippen molar-refractivity contribution < 1.29 is 13.9 Å². The molecule has 0 aromatic heterocycles. The Balaban J connectivity index is 1.67. The molecular weight excluding hydrogens is 301 g/mol. The first kappa shape index (κ1) is 16.4. The van der Waals surface area contributed by atoms with Crippen LogP contribution in [0.4, 0.5) is 10.1 Å². The first-order valence-corrected chi connectivity index (χ1v) is 7.98. The standard InChI is InChI=1S/C17H18FNO2S/c1-21-15-8-6-14(7-9-15)19-17(20)3-2-12-22-16-10-4-13(18)5-11-16/h4-11H,2-3,12H2,1H3,(H,19,20). The smallest absolute Gasteiger partial charge is 0.224 e. The summed E-state index contributed by atoms with van der Waals surface area (Å²) < 4.78 is 17.8. The van der Waals surface area contributed by atoms with Gasteiger partial charge in [-0.2, -0.15) is 0 Å². The maximum atomic E-state index is 12.8. The molecule has 0 aliphatic carbocycles. The number of nitrogens with one attached hydrogen (secondary N) is 1. The normalized spacial score (nSPS) is 10.3. The van der Waals surface area contributed by atoms with Crippen LogP contribution in [0, 0.1) is 5.82 Å². The molecule has 1 N–H and O–H groups in total. The second kappa shape index (κ2) is 8.44. The summed E-state index contributed by atoms with van der Waals surface area (Å²) in [5.74, 6) is 1.34. The molecule has 3 nitrogen and oxygen atoms in total. The summed E-state index contributed by atoms with van der Waals surface area (Å²) in [6.07, 6.45) is 1.23. The van der Waals surface area contributed by atoms with Crippen molar-refractivity contribution >= 4 is 23.4 Å². The first-order chi connectivity index (χ1) is 10.7. The van der Waals surface area contributed by atoms with E-state index < -0.39 is 0 Å². The van der Waals surface area contributed by atoms with Crippen molar-refractivity contribution in [2.75, 3.05) is 18.2 Å². The highest BCUT2D eigenvalue weighted by molar-refractivity contribution is 7.99. The molecule has 2 aromatic carbocycles. The number of benzene rings is 2. The number of halogens is 1. The van der Waals surface area contributed by atoms with Crippen molar-refractivity contribution in [2.45, 2.75) is 17.7 Å². The molecule has 2 aromatic rings. The summed E-state index contributed by atoms with van der Waals surface area (Å²) in [7, 11) is 1.60. The molecule has 1 amide bonds. The zero-order chi connectivity index (χ0) is 15.8. The Labute approximate surface area is 133 Å². The van der Waals surface area contributed by atoms with Crippen molar-refractivity contribution in [1.82, 2.24) is 0 Å². The molecule has 0 radical (unpaired) electrons. The molecule has 0 unspecified atom stereocenters. The number of hydrogen-bond acceptors (Lipinski definition) is 3. The van der Waals surface area contributed by atoms with E-state index in [1.54, 1.807) is 43.1 Å². The molecule has 0 saturated heterocycles. The highest BCUT2D eigenvalue weighted by atomic mass is 32.2. The molecule has 0 heterocycles. The van der Waals surface area contributed by atoms with E-state index in [-0.39, 0.29) is 11.7 Å². The van der Waals surface area contributed by atoms with Crippen molar-refractivity contribution in [3.63, 3.8) is 0 Å². The Morgan fingerprint density at radius 2 is 1.82 bits per heavy atom. The van der Waals surface area contributed by atoms with Crippen LogP contribution in [0.25, 0.3) is 0 Å². The Hall–Kier alpha value is -2.01.